The molecule has 0 spiro atoms. The van der Waals surface area contributed by atoms with Crippen LogP contribution in [0.3, 0.4) is 0 Å². The maximum absolute atomic E-state index is 5.93. The molecule has 0 amide bonds. The molecule has 0 aromatic heterocycles. The van der Waals surface area contributed by atoms with Crippen LogP contribution in [-0.4, -0.2) is 12.7 Å². The topological polar surface area (TPSA) is 9.23 Å². The molecule has 0 aromatic rings. The van der Waals surface area contributed by atoms with Gasteiger partial charge in [-0.05, 0) is 31.1 Å². The number of hydrogen-bond acceptors (Lipinski definition) is 1. The van der Waals surface area contributed by atoms with E-state index in [0.29, 0.717) is 17.9 Å². The minimum atomic E-state index is 0.332. The zero-order valence-corrected chi connectivity index (χ0v) is 9.01. The van der Waals surface area contributed by atoms with Crippen LogP contribution < -0.4 is 0 Å². The maximum atomic E-state index is 5.93. The van der Waals surface area contributed by atoms with Gasteiger partial charge in [-0.2, -0.15) is 0 Å². The Hall–Kier alpha value is -0.820. The molecule has 0 aromatic carbocycles. The van der Waals surface area contributed by atoms with Gasteiger partial charge in [0.25, 0.3) is 0 Å². The molecule has 0 radical (unpaired) electrons. The molecule has 4 unspecified atom stereocenters. The smallest absolute Gasteiger partial charge is 0.0827 e. The van der Waals surface area contributed by atoms with Crippen molar-refractivity contribution in [2.75, 3.05) is 6.61 Å². The first-order valence-corrected chi connectivity index (χ1v) is 6.08. The predicted octanol–water partition coefficient (Wildman–Crippen LogP) is 3.10. The molecule has 0 bridgehead atoms. The lowest BCUT2D eigenvalue weighted by Crippen LogP contribution is -2.40. The lowest BCUT2D eigenvalue weighted by Gasteiger charge is -2.40. The van der Waals surface area contributed by atoms with E-state index in [-0.39, 0.29) is 0 Å². The lowest BCUT2D eigenvalue weighted by atomic mass is 9.74. The number of ether oxygens (including phenoxy) is 1. The molecule has 1 saturated heterocycles. The summed E-state index contributed by atoms with van der Waals surface area (Å²) in [6, 6.07) is 0. The van der Waals surface area contributed by atoms with Gasteiger partial charge < -0.3 is 4.74 Å². The quantitative estimate of drug-likeness (QED) is 0.548. The first kappa shape index (κ1) is 9.41. The highest BCUT2D eigenvalue weighted by Gasteiger charge is 2.37. The summed E-state index contributed by atoms with van der Waals surface area (Å²) >= 11 is 0. The molecule has 2 aliphatic carbocycles. The number of fused-ring (bicyclic) bond motifs is 3. The van der Waals surface area contributed by atoms with Crippen LogP contribution in [-0.2, 0) is 4.74 Å². The van der Waals surface area contributed by atoms with Gasteiger partial charge in [-0.15, -0.1) is 0 Å². The molecular formula is C14H18O. The van der Waals surface area contributed by atoms with Gasteiger partial charge in [0.15, 0.2) is 0 Å². The Kier molecular flexibility index (Phi) is 2.49. The molecule has 1 heteroatoms. The Morgan fingerprint density at radius 1 is 1.00 bits per heavy atom. The van der Waals surface area contributed by atoms with Crippen molar-refractivity contribution in [3.8, 4) is 0 Å². The van der Waals surface area contributed by atoms with E-state index in [4.69, 9.17) is 4.74 Å². The van der Waals surface area contributed by atoms with Gasteiger partial charge >= 0.3 is 0 Å². The molecular weight excluding hydrogens is 184 g/mol. The van der Waals surface area contributed by atoms with E-state index < -0.39 is 0 Å². The zero-order valence-electron chi connectivity index (χ0n) is 9.01. The van der Waals surface area contributed by atoms with Gasteiger partial charge in [0.1, 0.15) is 0 Å². The fourth-order valence-electron chi connectivity index (χ4n) is 3.09. The highest BCUT2D eigenvalue weighted by Crippen LogP contribution is 2.39. The van der Waals surface area contributed by atoms with Crippen molar-refractivity contribution in [1.82, 2.24) is 0 Å². The predicted molar refractivity (Wildman–Crippen MR) is 61.5 cm³/mol. The standard InChI is InChI=1S/C14H18O/c1-2-6-11-10-15-14-9-5-4-8-13(14)12(11)7-3-1/h3-5,7-9,11-14H,1-2,6,10H2. The van der Waals surface area contributed by atoms with E-state index >= 15 is 0 Å². The molecule has 3 aliphatic rings. The van der Waals surface area contributed by atoms with Crippen molar-refractivity contribution in [1.29, 1.82) is 0 Å². The van der Waals surface area contributed by atoms with E-state index in [9.17, 15) is 0 Å². The summed E-state index contributed by atoms with van der Waals surface area (Å²) in [4.78, 5) is 0. The monoisotopic (exact) mass is 202 g/mol. The van der Waals surface area contributed by atoms with Crippen LogP contribution in [0.15, 0.2) is 36.5 Å². The molecule has 0 saturated carbocycles. The van der Waals surface area contributed by atoms with Crippen molar-refractivity contribution in [2.45, 2.75) is 25.4 Å². The summed E-state index contributed by atoms with van der Waals surface area (Å²) in [6.07, 6.45) is 17.9. The Morgan fingerprint density at radius 2 is 1.93 bits per heavy atom. The largest absolute Gasteiger partial charge is 0.373 e. The molecule has 0 N–H and O–H groups in total. The van der Waals surface area contributed by atoms with Crippen LogP contribution in [0.5, 0.6) is 0 Å². The summed E-state index contributed by atoms with van der Waals surface area (Å²) in [5, 5.41) is 0. The molecule has 1 nitrogen and oxygen atoms in total. The first-order chi connectivity index (χ1) is 7.45. The minimum Gasteiger partial charge on any atom is -0.373 e. The summed E-state index contributed by atoms with van der Waals surface area (Å²) in [5.74, 6) is 2.05. The Bertz CT molecular complexity index is 313. The highest BCUT2D eigenvalue weighted by molar-refractivity contribution is 5.20. The van der Waals surface area contributed by atoms with Gasteiger partial charge in [-0.25, -0.2) is 0 Å². The maximum Gasteiger partial charge on any atom is 0.0827 e. The number of allylic oxidation sites excluding steroid dienone is 4. The van der Waals surface area contributed by atoms with E-state index in [1.54, 1.807) is 0 Å². The molecule has 4 atom stereocenters. The average Bonchev–Trinajstić information content (AvgIpc) is 2.54. The molecule has 1 heterocycles. The molecule has 15 heavy (non-hydrogen) atoms. The average molecular weight is 202 g/mol. The second-order valence-corrected chi connectivity index (χ2v) is 4.84. The van der Waals surface area contributed by atoms with E-state index in [0.717, 1.165) is 12.5 Å². The van der Waals surface area contributed by atoms with Crippen LogP contribution in [0.1, 0.15) is 19.3 Å². The minimum absolute atomic E-state index is 0.332. The number of hydrogen-bond donors (Lipinski definition) is 0. The summed E-state index contributed by atoms with van der Waals surface area (Å²) in [7, 11) is 0. The van der Waals surface area contributed by atoms with Crippen LogP contribution >= 0.6 is 0 Å². The molecule has 80 valence electrons. The van der Waals surface area contributed by atoms with E-state index in [1.165, 1.54) is 19.3 Å². The normalized spacial score (nSPS) is 43.2. The van der Waals surface area contributed by atoms with E-state index in [1.807, 2.05) is 0 Å². The van der Waals surface area contributed by atoms with Crippen molar-refractivity contribution in [2.24, 2.45) is 17.8 Å². The fraction of sp³-hybridized carbons (Fsp3) is 0.571. The third-order valence-electron chi connectivity index (χ3n) is 3.92. The van der Waals surface area contributed by atoms with Gasteiger partial charge in [-0.1, -0.05) is 36.5 Å². The van der Waals surface area contributed by atoms with Crippen LogP contribution in [0.4, 0.5) is 0 Å². The molecule has 3 rings (SSSR count). The van der Waals surface area contributed by atoms with Gasteiger partial charge in [0, 0.05) is 5.92 Å². The molecule has 1 fully saturated rings. The zero-order chi connectivity index (χ0) is 10.1. The molecule has 1 aliphatic heterocycles. The fourth-order valence-corrected chi connectivity index (χ4v) is 3.09. The highest BCUT2D eigenvalue weighted by atomic mass is 16.5. The SMILES string of the molecule is C1=CC2OCC3CCCC=CC3C2C=C1. The second kappa shape index (κ2) is 3.97. The second-order valence-electron chi connectivity index (χ2n) is 4.84. The Labute approximate surface area is 91.5 Å². The van der Waals surface area contributed by atoms with Gasteiger partial charge in [-0.3, -0.25) is 0 Å². The third kappa shape index (κ3) is 1.69. The van der Waals surface area contributed by atoms with Crippen molar-refractivity contribution >= 4 is 0 Å². The van der Waals surface area contributed by atoms with Gasteiger partial charge in [0.05, 0.1) is 12.7 Å². The summed E-state index contributed by atoms with van der Waals surface area (Å²) in [6.45, 7) is 0.953. The number of rotatable bonds is 0. The third-order valence-corrected chi connectivity index (χ3v) is 3.92. The van der Waals surface area contributed by atoms with Gasteiger partial charge in [0.2, 0.25) is 0 Å². The van der Waals surface area contributed by atoms with E-state index in [2.05, 4.69) is 36.5 Å². The van der Waals surface area contributed by atoms with Crippen molar-refractivity contribution < 1.29 is 4.74 Å². The van der Waals surface area contributed by atoms with Crippen molar-refractivity contribution in [3.05, 3.63) is 36.5 Å². The van der Waals surface area contributed by atoms with Crippen LogP contribution in [0.25, 0.3) is 0 Å². The van der Waals surface area contributed by atoms with Crippen LogP contribution in [0, 0.1) is 17.8 Å². The Morgan fingerprint density at radius 3 is 2.93 bits per heavy atom. The van der Waals surface area contributed by atoms with Crippen molar-refractivity contribution in [3.63, 3.8) is 0 Å². The van der Waals surface area contributed by atoms with Crippen LogP contribution in [0.2, 0.25) is 0 Å². The summed E-state index contributed by atoms with van der Waals surface area (Å²) in [5.41, 5.74) is 0. The first-order valence-electron chi connectivity index (χ1n) is 6.08. The Balaban J connectivity index is 1.86. The lowest BCUT2D eigenvalue weighted by molar-refractivity contribution is -0.0414. The summed E-state index contributed by atoms with van der Waals surface area (Å²) < 4.78 is 5.93.